The Bertz CT molecular complexity index is 907. The summed E-state index contributed by atoms with van der Waals surface area (Å²) in [5.41, 5.74) is 5.61. The van der Waals surface area contributed by atoms with Crippen molar-refractivity contribution in [3.63, 3.8) is 0 Å². The highest BCUT2D eigenvalue weighted by Gasteiger charge is 2.31. The molecule has 0 bridgehead atoms. The van der Waals surface area contributed by atoms with Gasteiger partial charge >= 0.3 is 0 Å². The van der Waals surface area contributed by atoms with E-state index in [1.165, 1.54) is 0 Å². The highest BCUT2D eigenvalue weighted by molar-refractivity contribution is 6.03. The first-order chi connectivity index (χ1) is 12.2. The number of rotatable bonds is 4. The third-order valence-electron chi connectivity index (χ3n) is 4.47. The largest absolute Gasteiger partial charge is 0.332 e. The van der Waals surface area contributed by atoms with Gasteiger partial charge in [-0.1, -0.05) is 6.07 Å². The van der Waals surface area contributed by atoms with Gasteiger partial charge in [-0.2, -0.15) is 0 Å². The van der Waals surface area contributed by atoms with E-state index < -0.39 is 0 Å². The molecule has 124 valence electrons. The molecule has 25 heavy (non-hydrogen) atoms. The summed E-state index contributed by atoms with van der Waals surface area (Å²) in [6, 6.07) is 9.80. The summed E-state index contributed by atoms with van der Waals surface area (Å²) in [6.07, 6.45) is 7.85. The Hall–Kier alpha value is -3.08. The minimum absolute atomic E-state index is 0.0435. The molecule has 5 nitrogen and oxygen atoms in total. The number of fused-ring (bicyclic) bond motifs is 1. The smallest absolute Gasteiger partial charge is 0.256 e. The first-order valence-electron chi connectivity index (χ1n) is 8.31. The molecule has 3 aromatic rings. The minimum Gasteiger partial charge on any atom is -0.332 e. The van der Waals surface area contributed by atoms with Crippen molar-refractivity contribution in [2.24, 2.45) is 0 Å². The molecule has 3 aromatic heterocycles. The fourth-order valence-electron chi connectivity index (χ4n) is 3.12. The lowest BCUT2D eigenvalue weighted by Gasteiger charge is -2.15. The van der Waals surface area contributed by atoms with Crippen molar-refractivity contribution in [3.05, 3.63) is 77.6 Å². The van der Waals surface area contributed by atoms with E-state index in [0.717, 1.165) is 34.5 Å². The second-order valence-electron chi connectivity index (χ2n) is 6.22. The van der Waals surface area contributed by atoms with E-state index in [2.05, 4.69) is 15.0 Å². The number of aryl methyl sites for hydroxylation is 1. The maximum atomic E-state index is 12.9. The van der Waals surface area contributed by atoms with E-state index in [1.807, 2.05) is 48.4 Å². The maximum Gasteiger partial charge on any atom is 0.256 e. The third-order valence-corrected chi connectivity index (χ3v) is 4.47. The van der Waals surface area contributed by atoms with Crippen molar-refractivity contribution in [2.75, 3.05) is 6.54 Å². The Morgan fingerprint density at radius 2 is 1.88 bits per heavy atom. The minimum atomic E-state index is 0.0435. The quantitative estimate of drug-likeness (QED) is 0.738. The van der Waals surface area contributed by atoms with Crippen molar-refractivity contribution in [1.29, 1.82) is 0 Å². The summed E-state index contributed by atoms with van der Waals surface area (Å²) in [4.78, 5) is 27.7. The summed E-state index contributed by atoms with van der Waals surface area (Å²) < 4.78 is 0. The number of pyridine rings is 3. The van der Waals surface area contributed by atoms with Crippen molar-refractivity contribution < 1.29 is 4.79 Å². The third kappa shape index (κ3) is 3.01. The molecule has 0 N–H and O–H groups in total. The van der Waals surface area contributed by atoms with Crippen LogP contribution in [0.3, 0.4) is 0 Å². The molecular formula is C20H18N4O. The van der Waals surface area contributed by atoms with Gasteiger partial charge in [0, 0.05) is 43.4 Å². The lowest BCUT2D eigenvalue weighted by molar-refractivity contribution is 0.0780. The molecule has 0 saturated carbocycles. The Balaban J connectivity index is 1.56. The van der Waals surface area contributed by atoms with E-state index >= 15 is 0 Å². The standard InChI is InChI=1S/C20H18N4O/c1-14-2-3-16(23-12-14)7-11-24-13-18-19(20(24)25)17(6-10-22-18)15-4-8-21-9-5-15/h2-6,8-10,12H,7,11,13H2,1H3. The Morgan fingerprint density at radius 3 is 2.64 bits per heavy atom. The van der Waals surface area contributed by atoms with Gasteiger partial charge in [-0.15, -0.1) is 0 Å². The highest BCUT2D eigenvalue weighted by atomic mass is 16.2. The van der Waals surface area contributed by atoms with E-state index in [1.54, 1.807) is 18.6 Å². The van der Waals surface area contributed by atoms with E-state index in [-0.39, 0.29) is 5.91 Å². The average molecular weight is 330 g/mol. The van der Waals surface area contributed by atoms with Gasteiger partial charge in [-0.25, -0.2) is 0 Å². The van der Waals surface area contributed by atoms with E-state index in [0.29, 0.717) is 18.7 Å². The summed E-state index contributed by atoms with van der Waals surface area (Å²) in [6.45, 7) is 3.21. The molecule has 1 aliphatic heterocycles. The van der Waals surface area contributed by atoms with Crippen molar-refractivity contribution in [2.45, 2.75) is 19.9 Å². The molecular weight excluding hydrogens is 312 g/mol. The van der Waals surface area contributed by atoms with Crippen LogP contribution in [0.1, 0.15) is 27.3 Å². The van der Waals surface area contributed by atoms with Crippen molar-refractivity contribution in [1.82, 2.24) is 19.9 Å². The molecule has 4 heterocycles. The topological polar surface area (TPSA) is 59.0 Å². The summed E-state index contributed by atoms with van der Waals surface area (Å²) in [5.74, 6) is 0.0435. The zero-order valence-corrected chi connectivity index (χ0v) is 14.0. The van der Waals surface area contributed by atoms with Crippen LogP contribution in [-0.4, -0.2) is 32.3 Å². The molecule has 0 atom stereocenters. The number of hydrogen-bond donors (Lipinski definition) is 0. The molecule has 1 amide bonds. The normalized spacial score (nSPS) is 13.2. The van der Waals surface area contributed by atoms with Gasteiger partial charge in [0.2, 0.25) is 0 Å². The second-order valence-corrected chi connectivity index (χ2v) is 6.22. The number of hydrogen-bond acceptors (Lipinski definition) is 4. The Kier molecular flexibility index (Phi) is 3.98. The number of amides is 1. The summed E-state index contributed by atoms with van der Waals surface area (Å²) >= 11 is 0. The first-order valence-corrected chi connectivity index (χ1v) is 8.31. The second kappa shape index (κ2) is 6.43. The van der Waals surface area contributed by atoms with E-state index in [9.17, 15) is 4.79 Å². The summed E-state index contributed by atoms with van der Waals surface area (Å²) in [5, 5.41) is 0. The first kappa shape index (κ1) is 15.4. The highest BCUT2D eigenvalue weighted by Crippen LogP contribution is 2.31. The number of aromatic nitrogens is 3. The molecule has 4 rings (SSSR count). The van der Waals surface area contributed by atoms with Gasteiger partial charge in [0.1, 0.15) is 0 Å². The molecule has 0 spiro atoms. The predicted octanol–water partition coefficient (Wildman–Crippen LogP) is 3.05. The van der Waals surface area contributed by atoms with Crippen LogP contribution in [-0.2, 0) is 13.0 Å². The Morgan fingerprint density at radius 1 is 1.04 bits per heavy atom. The molecule has 0 saturated heterocycles. The van der Waals surface area contributed by atoms with Crippen molar-refractivity contribution >= 4 is 5.91 Å². The number of carbonyl (C=O) groups excluding carboxylic acids is 1. The van der Waals surface area contributed by atoms with Gasteiger partial charge in [-0.05, 0) is 47.9 Å². The van der Waals surface area contributed by atoms with Crippen LogP contribution in [0.25, 0.3) is 11.1 Å². The molecule has 1 aliphatic rings. The van der Waals surface area contributed by atoms with Crippen LogP contribution in [0.5, 0.6) is 0 Å². The summed E-state index contributed by atoms with van der Waals surface area (Å²) in [7, 11) is 0. The van der Waals surface area contributed by atoms with Crippen LogP contribution in [0.15, 0.2) is 55.1 Å². The zero-order valence-electron chi connectivity index (χ0n) is 14.0. The SMILES string of the molecule is Cc1ccc(CCN2Cc3nccc(-c4ccncc4)c3C2=O)nc1. The average Bonchev–Trinajstić information content (AvgIpc) is 2.98. The van der Waals surface area contributed by atoms with Crippen LogP contribution in [0.4, 0.5) is 0 Å². The van der Waals surface area contributed by atoms with E-state index in [4.69, 9.17) is 0 Å². The van der Waals surface area contributed by atoms with Crippen LogP contribution in [0.2, 0.25) is 0 Å². The van der Waals surface area contributed by atoms with Crippen molar-refractivity contribution in [3.8, 4) is 11.1 Å². The monoisotopic (exact) mass is 330 g/mol. The van der Waals surface area contributed by atoms with Gasteiger partial charge in [0.15, 0.2) is 0 Å². The lowest BCUT2D eigenvalue weighted by atomic mass is 10.0. The van der Waals surface area contributed by atoms with Crippen LogP contribution < -0.4 is 0 Å². The predicted molar refractivity (Wildman–Crippen MR) is 94.9 cm³/mol. The molecule has 0 aliphatic carbocycles. The zero-order chi connectivity index (χ0) is 17.2. The van der Waals surface area contributed by atoms with Gasteiger partial charge in [0.05, 0.1) is 17.8 Å². The van der Waals surface area contributed by atoms with Gasteiger partial charge in [-0.3, -0.25) is 19.7 Å². The fraction of sp³-hybridized carbons (Fsp3) is 0.200. The number of nitrogens with zero attached hydrogens (tertiary/aromatic N) is 4. The molecule has 0 unspecified atom stereocenters. The molecule has 5 heteroatoms. The van der Waals surface area contributed by atoms with Crippen LogP contribution in [0, 0.1) is 6.92 Å². The van der Waals surface area contributed by atoms with Gasteiger partial charge < -0.3 is 4.90 Å². The number of carbonyl (C=O) groups is 1. The van der Waals surface area contributed by atoms with Gasteiger partial charge in [0.25, 0.3) is 5.91 Å². The maximum absolute atomic E-state index is 12.9. The molecule has 0 radical (unpaired) electrons. The lowest BCUT2D eigenvalue weighted by Crippen LogP contribution is -2.26. The fourth-order valence-corrected chi connectivity index (χ4v) is 3.12. The molecule has 0 fully saturated rings. The van der Waals surface area contributed by atoms with Crippen LogP contribution >= 0.6 is 0 Å². The molecule has 0 aromatic carbocycles. The Labute approximate surface area is 146 Å².